The molecule has 1 aliphatic rings. The molecule has 1 aliphatic heterocycles. The fraction of sp³-hybridized carbons (Fsp3) is 0.545. The first-order valence-corrected chi connectivity index (χ1v) is 5.86. The molecule has 18 heavy (non-hydrogen) atoms. The van der Waals surface area contributed by atoms with Crippen molar-refractivity contribution in [3.63, 3.8) is 0 Å². The van der Waals surface area contributed by atoms with Crippen molar-refractivity contribution in [1.82, 2.24) is 9.97 Å². The molecular formula is C11H17N5O2. The molecule has 0 saturated carbocycles. The third-order valence-corrected chi connectivity index (χ3v) is 2.89. The largest absolute Gasteiger partial charge is 0.409 e. The zero-order chi connectivity index (χ0) is 13.1. The standard InChI is InChI=1S/C11H17N5O2/c1-7-5-9(10(12)15-18)14-11(13-7)16-4-2-3-8(17)6-16/h5,8,17-18H,2-4,6H2,1H3,(H2,12,15). The van der Waals surface area contributed by atoms with Crippen molar-refractivity contribution in [2.24, 2.45) is 10.9 Å². The van der Waals surface area contributed by atoms with E-state index in [9.17, 15) is 5.11 Å². The Bertz CT molecular complexity index is 463. The summed E-state index contributed by atoms with van der Waals surface area (Å²) in [5, 5.41) is 21.3. The van der Waals surface area contributed by atoms with Gasteiger partial charge in [-0.3, -0.25) is 0 Å². The van der Waals surface area contributed by atoms with Crippen molar-refractivity contribution in [3.8, 4) is 0 Å². The van der Waals surface area contributed by atoms with Crippen LogP contribution in [0.5, 0.6) is 0 Å². The van der Waals surface area contributed by atoms with E-state index >= 15 is 0 Å². The highest BCUT2D eigenvalue weighted by Crippen LogP contribution is 2.17. The van der Waals surface area contributed by atoms with Crippen molar-refractivity contribution in [2.45, 2.75) is 25.9 Å². The van der Waals surface area contributed by atoms with Crippen LogP contribution >= 0.6 is 0 Å². The van der Waals surface area contributed by atoms with Gasteiger partial charge >= 0.3 is 0 Å². The molecule has 2 rings (SSSR count). The molecule has 2 heterocycles. The Morgan fingerprint density at radius 2 is 2.33 bits per heavy atom. The van der Waals surface area contributed by atoms with Gasteiger partial charge in [0.25, 0.3) is 0 Å². The third-order valence-electron chi connectivity index (χ3n) is 2.89. The van der Waals surface area contributed by atoms with Crippen molar-refractivity contribution in [3.05, 3.63) is 17.5 Å². The molecule has 0 aromatic carbocycles. The van der Waals surface area contributed by atoms with E-state index in [2.05, 4.69) is 15.1 Å². The number of oxime groups is 1. The van der Waals surface area contributed by atoms with Gasteiger partial charge in [0.2, 0.25) is 5.95 Å². The van der Waals surface area contributed by atoms with Crippen LogP contribution in [0.1, 0.15) is 24.2 Å². The lowest BCUT2D eigenvalue weighted by atomic mass is 10.1. The molecule has 0 spiro atoms. The second kappa shape index (κ2) is 5.18. The number of aliphatic hydroxyl groups is 1. The lowest BCUT2D eigenvalue weighted by Crippen LogP contribution is -2.39. The molecule has 1 atom stereocenters. The Hall–Kier alpha value is -1.89. The number of aromatic nitrogens is 2. The monoisotopic (exact) mass is 251 g/mol. The minimum atomic E-state index is -0.352. The number of hydrogen-bond donors (Lipinski definition) is 3. The van der Waals surface area contributed by atoms with Gasteiger partial charge in [-0.25, -0.2) is 9.97 Å². The highest BCUT2D eigenvalue weighted by molar-refractivity contribution is 5.95. The fourth-order valence-corrected chi connectivity index (χ4v) is 2.01. The van der Waals surface area contributed by atoms with Crippen LogP contribution in [-0.2, 0) is 0 Å². The van der Waals surface area contributed by atoms with Crippen LogP contribution in [0.4, 0.5) is 5.95 Å². The average Bonchev–Trinajstić information content (AvgIpc) is 2.37. The third kappa shape index (κ3) is 2.67. The number of piperidine rings is 1. The Morgan fingerprint density at radius 1 is 1.56 bits per heavy atom. The number of nitrogens with zero attached hydrogens (tertiary/aromatic N) is 4. The zero-order valence-electron chi connectivity index (χ0n) is 10.2. The predicted molar refractivity (Wildman–Crippen MR) is 66.7 cm³/mol. The number of rotatable bonds is 2. The van der Waals surface area contributed by atoms with Crippen molar-refractivity contribution < 1.29 is 10.3 Å². The molecule has 0 amide bonds. The summed E-state index contributed by atoms with van der Waals surface area (Å²) in [6, 6.07) is 1.65. The topological polar surface area (TPSA) is 108 Å². The summed E-state index contributed by atoms with van der Waals surface area (Å²) >= 11 is 0. The predicted octanol–water partition coefficient (Wildman–Crippen LogP) is -0.159. The summed E-state index contributed by atoms with van der Waals surface area (Å²) in [4.78, 5) is 10.5. The van der Waals surface area contributed by atoms with E-state index in [1.165, 1.54) is 0 Å². The van der Waals surface area contributed by atoms with Gasteiger partial charge in [0, 0.05) is 18.8 Å². The molecule has 0 radical (unpaired) electrons. The lowest BCUT2D eigenvalue weighted by molar-refractivity contribution is 0.153. The molecule has 98 valence electrons. The van der Waals surface area contributed by atoms with Crippen LogP contribution in [0.25, 0.3) is 0 Å². The second-order valence-corrected chi connectivity index (χ2v) is 4.42. The number of hydrogen-bond acceptors (Lipinski definition) is 6. The van der Waals surface area contributed by atoms with Gasteiger partial charge in [0.05, 0.1) is 6.10 Å². The van der Waals surface area contributed by atoms with E-state index in [0.29, 0.717) is 18.2 Å². The van der Waals surface area contributed by atoms with Gasteiger partial charge in [-0.15, -0.1) is 0 Å². The maximum absolute atomic E-state index is 9.65. The van der Waals surface area contributed by atoms with Crippen molar-refractivity contribution >= 4 is 11.8 Å². The van der Waals surface area contributed by atoms with Gasteiger partial charge in [-0.05, 0) is 25.8 Å². The molecule has 0 bridgehead atoms. The smallest absolute Gasteiger partial charge is 0.226 e. The Labute approximate surface area is 105 Å². The molecule has 7 heteroatoms. The Kier molecular flexibility index (Phi) is 3.61. The number of amidine groups is 1. The van der Waals surface area contributed by atoms with Gasteiger partial charge in [0.15, 0.2) is 5.84 Å². The number of aliphatic hydroxyl groups excluding tert-OH is 1. The first-order chi connectivity index (χ1) is 8.60. The molecule has 7 nitrogen and oxygen atoms in total. The summed E-state index contributed by atoms with van der Waals surface area (Å²) < 4.78 is 0. The molecule has 1 unspecified atom stereocenters. The van der Waals surface area contributed by atoms with E-state index in [4.69, 9.17) is 10.9 Å². The van der Waals surface area contributed by atoms with Crippen molar-refractivity contribution in [1.29, 1.82) is 0 Å². The van der Waals surface area contributed by atoms with Crippen molar-refractivity contribution in [2.75, 3.05) is 18.0 Å². The van der Waals surface area contributed by atoms with Crippen LogP contribution in [0, 0.1) is 6.92 Å². The number of anilines is 1. The second-order valence-electron chi connectivity index (χ2n) is 4.42. The van der Waals surface area contributed by atoms with E-state index < -0.39 is 0 Å². The zero-order valence-corrected chi connectivity index (χ0v) is 10.2. The normalized spacial score (nSPS) is 21.1. The Morgan fingerprint density at radius 3 is 3.00 bits per heavy atom. The highest BCUT2D eigenvalue weighted by Gasteiger charge is 2.20. The molecular weight excluding hydrogens is 234 g/mol. The maximum Gasteiger partial charge on any atom is 0.226 e. The van der Waals surface area contributed by atoms with E-state index in [-0.39, 0.29) is 11.9 Å². The van der Waals surface area contributed by atoms with Crippen LogP contribution in [-0.4, -0.2) is 45.3 Å². The first-order valence-electron chi connectivity index (χ1n) is 5.86. The SMILES string of the molecule is Cc1cc(/C(N)=N/O)nc(N2CCCC(O)C2)n1. The lowest BCUT2D eigenvalue weighted by Gasteiger charge is -2.30. The molecule has 1 aromatic heterocycles. The molecule has 4 N–H and O–H groups in total. The van der Waals surface area contributed by atoms with Gasteiger partial charge in [-0.2, -0.15) is 0 Å². The van der Waals surface area contributed by atoms with Gasteiger partial charge in [0.1, 0.15) is 5.69 Å². The minimum Gasteiger partial charge on any atom is -0.409 e. The maximum atomic E-state index is 9.65. The average molecular weight is 251 g/mol. The Balaban J connectivity index is 2.30. The highest BCUT2D eigenvalue weighted by atomic mass is 16.4. The summed E-state index contributed by atoms with van der Waals surface area (Å²) in [5.74, 6) is 0.467. The van der Waals surface area contributed by atoms with E-state index in [1.54, 1.807) is 6.07 Å². The molecule has 1 fully saturated rings. The molecule has 0 aliphatic carbocycles. The summed E-state index contributed by atoms with van der Waals surface area (Å²) in [6.45, 7) is 3.13. The van der Waals surface area contributed by atoms with E-state index in [1.807, 2.05) is 11.8 Å². The number of aryl methyl sites for hydroxylation is 1. The number of β-amino-alcohol motifs (C(OH)–C–C–N with tert-alkyl or cyclic N) is 1. The van der Waals surface area contributed by atoms with Crippen LogP contribution < -0.4 is 10.6 Å². The number of nitrogens with two attached hydrogens (primary N) is 1. The fourth-order valence-electron chi connectivity index (χ4n) is 2.01. The quantitative estimate of drug-likeness (QED) is 0.292. The first kappa shape index (κ1) is 12.6. The van der Waals surface area contributed by atoms with E-state index in [0.717, 1.165) is 25.1 Å². The summed E-state index contributed by atoms with van der Waals surface area (Å²) in [7, 11) is 0. The van der Waals surface area contributed by atoms with Gasteiger partial charge < -0.3 is 20.9 Å². The van der Waals surface area contributed by atoms with Crippen LogP contribution in [0.2, 0.25) is 0 Å². The summed E-state index contributed by atoms with van der Waals surface area (Å²) in [5.41, 5.74) is 6.66. The van der Waals surface area contributed by atoms with Crippen LogP contribution in [0.15, 0.2) is 11.2 Å². The van der Waals surface area contributed by atoms with Crippen LogP contribution in [0.3, 0.4) is 0 Å². The summed E-state index contributed by atoms with van der Waals surface area (Å²) in [6.07, 6.45) is 1.35. The van der Waals surface area contributed by atoms with Gasteiger partial charge in [-0.1, -0.05) is 5.16 Å². The molecule has 1 saturated heterocycles. The molecule has 1 aromatic rings. The minimum absolute atomic E-state index is 0.0423.